The van der Waals surface area contributed by atoms with Crippen LogP contribution in [0.5, 0.6) is 0 Å². The number of hydrazine groups is 1. The summed E-state index contributed by atoms with van der Waals surface area (Å²) in [6, 6.07) is 4.89. The predicted molar refractivity (Wildman–Crippen MR) is 112 cm³/mol. The van der Waals surface area contributed by atoms with Crippen LogP contribution in [0.4, 0.5) is 10.8 Å². The van der Waals surface area contributed by atoms with E-state index in [1.54, 1.807) is 29.8 Å². The smallest absolute Gasteiger partial charge is 0.248 e. The molecule has 1 heterocycles. The van der Waals surface area contributed by atoms with Crippen LogP contribution in [-0.2, 0) is 9.59 Å². The fourth-order valence-electron chi connectivity index (χ4n) is 1.58. The highest BCUT2D eigenvalue weighted by Gasteiger charge is 2.08. The number of rotatable bonds is 6. The molecule has 12 heteroatoms. The van der Waals surface area contributed by atoms with Crippen molar-refractivity contribution < 1.29 is 9.59 Å². The number of halogens is 2. The minimum atomic E-state index is -0.330. The maximum atomic E-state index is 11.7. The molecule has 26 heavy (non-hydrogen) atoms. The second-order valence-corrected chi connectivity index (χ2v) is 7.76. The molecule has 0 saturated heterocycles. The van der Waals surface area contributed by atoms with Crippen molar-refractivity contribution in [2.75, 3.05) is 22.1 Å². The normalized spacial score (nSPS) is 10.1. The van der Waals surface area contributed by atoms with E-state index in [0.717, 1.165) is 11.8 Å². The summed E-state index contributed by atoms with van der Waals surface area (Å²) in [5, 5.41) is 8.81. The Balaban J connectivity index is 1.63. The number of thioether (sulfide) groups is 1. The van der Waals surface area contributed by atoms with Gasteiger partial charge in [-0.15, -0.1) is 23.1 Å². The summed E-state index contributed by atoms with van der Waals surface area (Å²) >= 11 is 19.4. The first kappa shape index (κ1) is 20.7. The van der Waals surface area contributed by atoms with Crippen molar-refractivity contribution in [1.82, 2.24) is 15.8 Å². The van der Waals surface area contributed by atoms with Crippen molar-refractivity contribution >= 4 is 86.3 Å². The Morgan fingerprint density at radius 3 is 2.62 bits per heavy atom. The fraction of sp³-hybridized carbons (Fsp3) is 0.143. The lowest BCUT2D eigenvalue weighted by atomic mass is 10.3. The van der Waals surface area contributed by atoms with Crippen LogP contribution in [0.1, 0.15) is 0 Å². The number of anilines is 2. The molecular formula is C14H13Cl2N5O2S3. The molecule has 0 unspecified atom stereocenters. The van der Waals surface area contributed by atoms with Gasteiger partial charge in [-0.3, -0.25) is 20.4 Å². The predicted octanol–water partition coefficient (Wildman–Crippen LogP) is 3.14. The second kappa shape index (κ2) is 10.5. The summed E-state index contributed by atoms with van der Waals surface area (Å²) in [5.41, 5.74) is 5.53. The molecule has 1 aromatic carbocycles. The molecule has 138 valence electrons. The van der Waals surface area contributed by atoms with Crippen LogP contribution < -0.4 is 21.5 Å². The summed E-state index contributed by atoms with van der Waals surface area (Å²) in [6.45, 7) is 0. The highest BCUT2D eigenvalue weighted by atomic mass is 35.5. The van der Waals surface area contributed by atoms with Gasteiger partial charge in [0.15, 0.2) is 10.2 Å². The number of carbonyl (C=O) groups excluding carboxylic acids is 2. The summed E-state index contributed by atoms with van der Waals surface area (Å²) in [4.78, 5) is 27.3. The van der Waals surface area contributed by atoms with E-state index in [9.17, 15) is 9.59 Å². The second-order valence-electron chi connectivity index (χ2n) is 4.63. The number of aromatic nitrogens is 1. The highest BCUT2D eigenvalue weighted by molar-refractivity contribution is 8.00. The van der Waals surface area contributed by atoms with Crippen molar-refractivity contribution in [1.29, 1.82) is 0 Å². The van der Waals surface area contributed by atoms with Gasteiger partial charge in [-0.1, -0.05) is 23.2 Å². The lowest BCUT2D eigenvalue weighted by molar-refractivity contribution is -0.119. The Labute approximate surface area is 173 Å². The number of hydrogen-bond donors (Lipinski definition) is 4. The molecule has 0 aliphatic rings. The van der Waals surface area contributed by atoms with Crippen LogP contribution in [0.25, 0.3) is 0 Å². The first-order valence-electron chi connectivity index (χ1n) is 7.02. The first-order valence-corrected chi connectivity index (χ1v) is 10.2. The molecular weight excluding hydrogens is 437 g/mol. The minimum Gasteiger partial charge on any atom is -0.330 e. The average Bonchev–Trinajstić information content (AvgIpc) is 3.08. The molecule has 2 rings (SSSR count). The molecule has 0 saturated carbocycles. The molecule has 0 bridgehead atoms. The molecule has 7 nitrogen and oxygen atoms in total. The van der Waals surface area contributed by atoms with E-state index in [-0.39, 0.29) is 28.4 Å². The summed E-state index contributed by atoms with van der Waals surface area (Å²) in [6.07, 6.45) is 1.60. The van der Waals surface area contributed by atoms with Crippen LogP contribution in [-0.4, -0.2) is 33.4 Å². The maximum Gasteiger partial charge on any atom is 0.248 e. The number of nitrogens with one attached hydrogen (secondary N) is 4. The van der Waals surface area contributed by atoms with Crippen LogP contribution in [0, 0.1) is 0 Å². The number of thiazole rings is 1. The van der Waals surface area contributed by atoms with Gasteiger partial charge in [-0.05, 0) is 30.4 Å². The molecule has 0 aliphatic carbocycles. The molecule has 2 amide bonds. The quantitative estimate of drug-likeness (QED) is 0.397. The summed E-state index contributed by atoms with van der Waals surface area (Å²) in [7, 11) is 0. The van der Waals surface area contributed by atoms with Crippen molar-refractivity contribution in [3.8, 4) is 0 Å². The van der Waals surface area contributed by atoms with Crippen molar-refractivity contribution in [2.24, 2.45) is 0 Å². The monoisotopic (exact) mass is 449 g/mol. The van der Waals surface area contributed by atoms with E-state index in [4.69, 9.17) is 35.4 Å². The lowest BCUT2D eigenvalue weighted by Gasteiger charge is -2.12. The van der Waals surface area contributed by atoms with Gasteiger partial charge in [0, 0.05) is 16.6 Å². The Bertz CT molecular complexity index is 789. The van der Waals surface area contributed by atoms with Crippen LogP contribution in [0.3, 0.4) is 0 Å². The first-order chi connectivity index (χ1) is 12.4. The topological polar surface area (TPSA) is 95.2 Å². The molecule has 0 spiro atoms. The standard InChI is InChI=1S/C14H13Cl2N5O2S3/c15-8-1-2-10(9(16)5-8)18-13(24)21-20-12(23)7-25-6-11(22)19-14-17-3-4-26-14/h1-5H,6-7H2,(H,20,23)(H,17,19,22)(H2,18,21,24). The van der Waals surface area contributed by atoms with Gasteiger partial charge < -0.3 is 10.6 Å². The van der Waals surface area contributed by atoms with E-state index >= 15 is 0 Å². The van der Waals surface area contributed by atoms with Gasteiger partial charge in [0.05, 0.1) is 22.2 Å². The zero-order chi connectivity index (χ0) is 18.9. The third-order valence-electron chi connectivity index (χ3n) is 2.64. The van der Waals surface area contributed by atoms with Crippen molar-refractivity contribution in [2.45, 2.75) is 0 Å². The van der Waals surface area contributed by atoms with Crippen molar-refractivity contribution in [3.05, 3.63) is 39.8 Å². The van der Waals surface area contributed by atoms with Gasteiger partial charge in [0.2, 0.25) is 11.8 Å². The number of amides is 2. The fourth-order valence-corrected chi connectivity index (χ4v) is 3.36. The van der Waals surface area contributed by atoms with Crippen molar-refractivity contribution in [3.63, 3.8) is 0 Å². The number of hydrogen-bond acceptors (Lipinski definition) is 6. The number of nitrogens with zero attached hydrogens (tertiary/aromatic N) is 1. The minimum absolute atomic E-state index is 0.0859. The molecule has 4 N–H and O–H groups in total. The lowest BCUT2D eigenvalue weighted by Crippen LogP contribution is -2.44. The number of thiocarbonyl (C=S) groups is 1. The molecule has 0 aliphatic heterocycles. The molecule has 0 atom stereocenters. The van der Waals surface area contributed by atoms with E-state index in [0.29, 0.717) is 20.9 Å². The highest BCUT2D eigenvalue weighted by Crippen LogP contribution is 2.25. The average molecular weight is 450 g/mol. The molecule has 0 fully saturated rings. The van der Waals surface area contributed by atoms with Crippen LogP contribution in [0.15, 0.2) is 29.8 Å². The van der Waals surface area contributed by atoms with Gasteiger partial charge >= 0.3 is 0 Å². The molecule has 0 radical (unpaired) electrons. The number of carbonyl (C=O) groups is 2. The zero-order valence-electron chi connectivity index (χ0n) is 13.0. The molecule has 2 aromatic rings. The summed E-state index contributed by atoms with van der Waals surface area (Å²) < 4.78 is 0. The van der Waals surface area contributed by atoms with E-state index in [1.165, 1.54) is 11.3 Å². The van der Waals surface area contributed by atoms with E-state index in [2.05, 4.69) is 26.5 Å². The van der Waals surface area contributed by atoms with E-state index in [1.807, 2.05) is 0 Å². The Morgan fingerprint density at radius 1 is 1.15 bits per heavy atom. The third kappa shape index (κ3) is 7.34. The van der Waals surface area contributed by atoms with Gasteiger partial charge in [0.25, 0.3) is 0 Å². The van der Waals surface area contributed by atoms with Crippen LogP contribution in [0.2, 0.25) is 10.0 Å². The maximum absolute atomic E-state index is 11.7. The van der Waals surface area contributed by atoms with Gasteiger partial charge in [-0.25, -0.2) is 4.98 Å². The third-order valence-corrected chi connectivity index (χ3v) is 5.01. The largest absolute Gasteiger partial charge is 0.330 e. The Kier molecular flexibility index (Phi) is 8.39. The summed E-state index contributed by atoms with van der Waals surface area (Å²) in [5.74, 6) is -0.331. The number of benzene rings is 1. The SMILES string of the molecule is O=C(CSCC(=O)Nc1nccs1)NNC(=S)Nc1ccc(Cl)cc1Cl. The Hall–Kier alpha value is -1.59. The van der Waals surface area contributed by atoms with E-state index < -0.39 is 0 Å². The van der Waals surface area contributed by atoms with Crippen LogP contribution >= 0.6 is 58.5 Å². The Morgan fingerprint density at radius 2 is 1.92 bits per heavy atom. The zero-order valence-corrected chi connectivity index (χ0v) is 17.0. The van der Waals surface area contributed by atoms with Gasteiger partial charge in [-0.2, -0.15) is 0 Å². The molecule has 1 aromatic heterocycles. The van der Waals surface area contributed by atoms with Gasteiger partial charge in [0.1, 0.15) is 0 Å².